The van der Waals surface area contributed by atoms with Gasteiger partial charge in [-0.25, -0.2) is 4.79 Å². The smallest absolute Gasteiger partial charge is 0.326 e. The van der Waals surface area contributed by atoms with Crippen molar-refractivity contribution in [2.75, 3.05) is 7.05 Å². The first-order valence-electron chi connectivity index (χ1n) is 7.04. The van der Waals surface area contributed by atoms with E-state index < -0.39 is 12.0 Å². The predicted molar refractivity (Wildman–Crippen MR) is 70.3 cm³/mol. The molecule has 104 valence electrons. The van der Waals surface area contributed by atoms with Gasteiger partial charge in [0.2, 0.25) is 5.91 Å². The van der Waals surface area contributed by atoms with Crippen LogP contribution in [-0.4, -0.2) is 35.0 Å². The molecule has 1 rings (SSSR count). The molecular weight excluding hydrogens is 230 g/mol. The summed E-state index contributed by atoms with van der Waals surface area (Å²) in [6, 6.07) is -0.678. The van der Waals surface area contributed by atoms with Crippen molar-refractivity contribution >= 4 is 11.9 Å². The normalized spacial score (nSPS) is 19.0. The molecule has 4 nitrogen and oxygen atoms in total. The summed E-state index contributed by atoms with van der Waals surface area (Å²) in [7, 11) is 1.61. The lowest BCUT2D eigenvalue weighted by Crippen LogP contribution is -2.42. The van der Waals surface area contributed by atoms with E-state index in [0.717, 1.165) is 12.8 Å². The molecule has 0 aromatic rings. The summed E-state index contributed by atoms with van der Waals surface area (Å²) in [6.07, 6.45) is 8.16. The summed E-state index contributed by atoms with van der Waals surface area (Å²) < 4.78 is 0. The molecule has 18 heavy (non-hydrogen) atoms. The molecule has 0 saturated heterocycles. The van der Waals surface area contributed by atoms with Crippen LogP contribution in [0.5, 0.6) is 0 Å². The zero-order valence-corrected chi connectivity index (χ0v) is 11.5. The van der Waals surface area contributed by atoms with Crippen LogP contribution in [0.3, 0.4) is 0 Å². The molecular formula is C14H25NO3. The van der Waals surface area contributed by atoms with E-state index in [-0.39, 0.29) is 5.91 Å². The second-order valence-electron chi connectivity index (χ2n) is 5.33. The molecule has 0 aliphatic heterocycles. The maximum absolute atomic E-state index is 12.1. The van der Waals surface area contributed by atoms with Gasteiger partial charge in [0.05, 0.1) is 0 Å². The fraction of sp³-hybridized carbons (Fsp3) is 0.857. The zero-order valence-electron chi connectivity index (χ0n) is 11.5. The van der Waals surface area contributed by atoms with Gasteiger partial charge in [0.15, 0.2) is 0 Å². The number of carboxylic acid groups (broad SMARTS) is 1. The fourth-order valence-electron chi connectivity index (χ4n) is 2.75. The number of carbonyl (C=O) groups is 2. The Morgan fingerprint density at radius 3 is 2.22 bits per heavy atom. The highest BCUT2D eigenvalue weighted by atomic mass is 16.4. The summed E-state index contributed by atoms with van der Waals surface area (Å²) >= 11 is 0. The van der Waals surface area contributed by atoms with Gasteiger partial charge < -0.3 is 10.0 Å². The van der Waals surface area contributed by atoms with E-state index in [9.17, 15) is 9.59 Å². The summed E-state index contributed by atoms with van der Waals surface area (Å²) in [4.78, 5) is 24.5. The molecule has 0 heterocycles. The number of hydrogen-bond acceptors (Lipinski definition) is 2. The van der Waals surface area contributed by atoms with Crippen molar-refractivity contribution < 1.29 is 14.7 Å². The Morgan fingerprint density at radius 1 is 1.22 bits per heavy atom. The van der Waals surface area contributed by atoms with Crippen molar-refractivity contribution in [1.29, 1.82) is 0 Å². The molecule has 0 aromatic carbocycles. The average Bonchev–Trinajstić information content (AvgIpc) is 2.57. The van der Waals surface area contributed by atoms with Crippen LogP contribution in [0, 0.1) is 5.92 Å². The number of carboxylic acids is 1. The molecule has 1 aliphatic carbocycles. The highest BCUT2D eigenvalue weighted by Crippen LogP contribution is 2.26. The SMILES string of the molecule is CCC(C(=O)O)N(C)C(=O)CC1CCCCCC1. The molecule has 4 heteroatoms. The van der Waals surface area contributed by atoms with E-state index in [0.29, 0.717) is 18.8 Å². The Kier molecular flexibility index (Phi) is 6.16. The second-order valence-corrected chi connectivity index (χ2v) is 5.33. The number of nitrogens with zero attached hydrogens (tertiary/aromatic N) is 1. The van der Waals surface area contributed by atoms with Gasteiger partial charge in [0.25, 0.3) is 0 Å². The third-order valence-electron chi connectivity index (χ3n) is 3.97. The van der Waals surface area contributed by atoms with E-state index >= 15 is 0 Å². The van der Waals surface area contributed by atoms with Crippen molar-refractivity contribution in [3.63, 3.8) is 0 Å². The van der Waals surface area contributed by atoms with Crippen molar-refractivity contribution in [3.05, 3.63) is 0 Å². The first kappa shape index (κ1) is 15.0. The van der Waals surface area contributed by atoms with Crippen LogP contribution in [0.15, 0.2) is 0 Å². The van der Waals surface area contributed by atoms with Gasteiger partial charge in [-0.05, 0) is 25.2 Å². The van der Waals surface area contributed by atoms with Crippen LogP contribution in [0.4, 0.5) is 0 Å². The summed E-state index contributed by atoms with van der Waals surface area (Å²) in [5, 5.41) is 9.05. The van der Waals surface area contributed by atoms with Crippen LogP contribution in [0.2, 0.25) is 0 Å². The van der Waals surface area contributed by atoms with E-state index in [1.54, 1.807) is 14.0 Å². The largest absolute Gasteiger partial charge is 0.480 e. The number of amides is 1. The van der Waals surface area contributed by atoms with Gasteiger partial charge in [-0.1, -0.05) is 32.6 Å². The monoisotopic (exact) mass is 255 g/mol. The van der Waals surface area contributed by atoms with Crippen molar-refractivity contribution in [1.82, 2.24) is 4.90 Å². The minimum absolute atomic E-state index is 0.0175. The fourth-order valence-corrected chi connectivity index (χ4v) is 2.75. The topological polar surface area (TPSA) is 57.6 Å². The molecule has 1 aliphatic rings. The van der Waals surface area contributed by atoms with E-state index in [1.165, 1.54) is 30.6 Å². The number of hydrogen-bond donors (Lipinski definition) is 1. The first-order chi connectivity index (χ1) is 8.56. The molecule has 0 bridgehead atoms. The van der Waals surface area contributed by atoms with Crippen LogP contribution < -0.4 is 0 Å². The van der Waals surface area contributed by atoms with Gasteiger partial charge in [0, 0.05) is 13.5 Å². The molecule has 1 fully saturated rings. The van der Waals surface area contributed by atoms with Gasteiger partial charge in [0.1, 0.15) is 6.04 Å². The number of carbonyl (C=O) groups excluding carboxylic acids is 1. The zero-order chi connectivity index (χ0) is 13.5. The average molecular weight is 255 g/mol. The lowest BCUT2D eigenvalue weighted by atomic mass is 9.95. The molecule has 1 atom stereocenters. The lowest BCUT2D eigenvalue weighted by molar-refractivity contribution is -0.149. The first-order valence-corrected chi connectivity index (χ1v) is 7.04. The Balaban J connectivity index is 2.49. The molecule has 0 aromatic heterocycles. The van der Waals surface area contributed by atoms with Crippen molar-refractivity contribution in [2.24, 2.45) is 5.92 Å². The van der Waals surface area contributed by atoms with Crippen LogP contribution in [-0.2, 0) is 9.59 Å². The Hall–Kier alpha value is -1.06. The summed E-state index contributed by atoms with van der Waals surface area (Å²) in [5.41, 5.74) is 0. The highest BCUT2D eigenvalue weighted by Gasteiger charge is 2.26. The van der Waals surface area contributed by atoms with Gasteiger partial charge in [-0.15, -0.1) is 0 Å². The summed E-state index contributed by atoms with van der Waals surface area (Å²) in [5.74, 6) is -0.473. The molecule has 0 spiro atoms. The van der Waals surface area contributed by atoms with Crippen molar-refractivity contribution in [2.45, 2.75) is 64.3 Å². The minimum atomic E-state index is -0.908. The lowest BCUT2D eigenvalue weighted by Gasteiger charge is -2.25. The standard InChI is InChI=1S/C14H25NO3/c1-3-12(14(17)18)15(2)13(16)10-11-8-6-4-5-7-9-11/h11-12H,3-10H2,1-2H3,(H,17,18). The second kappa shape index (κ2) is 7.39. The molecule has 1 unspecified atom stereocenters. The number of rotatable bonds is 5. The molecule has 0 radical (unpaired) electrons. The van der Waals surface area contributed by atoms with E-state index in [4.69, 9.17) is 5.11 Å². The molecule has 1 amide bonds. The minimum Gasteiger partial charge on any atom is -0.480 e. The molecule has 1 N–H and O–H groups in total. The van der Waals surface area contributed by atoms with E-state index in [1.807, 2.05) is 0 Å². The van der Waals surface area contributed by atoms with Gasteiger partial charge in [-0.2, -0.15) is 0 Å². The summed E-state index contributed by atoms with van der Waals surface area (Å²) in [6.45, 7) is 1.80. The van der Waals surface area contributed by atoms with Gasteiger partial charge >= 0.3 is 5.97 Å². The third-order valence-corrected chi connectivity index (χ3v) is 3.97. The number of likely N-dealkylation sites (N-methyl/N-ethyl adjacent to an activating group) is 1. The van der Waals surface area contributed by atoms with Gasteiger partial charge in [-0.3, -0.25) is 4.79 Å². The van der Waals surface area contributed by atoms with E-state index in [2.05, 4.69) is 0 Å². The maximum atomic E-state index is 12.1. The van der Waals surface area contributed by atoms with Crippen molar-refractivity contribution in [3.8, 4) is 0 Å². The van der Waals surface area contributed by atoms with Crippen LogP contribution in [0.25, 0.3) is 0 Å². The maximum Gasteiger partial charge on any atom is 0.326 e. The van der Waals surface area contributed by atoms with Crippen LogP contribution >= 0.6 is 0 Å². The Labute approximate surface area is 109 Å². The Morgan fingerprint density at radius 2 is 1.78 bits per heavy atom. The molecule has 1 saturated carbocycles. The highest BCUT2D eigenvalue weighted by molar-refractivity contribution is 5.83. The quantitative estimate of drug-likeness (QED) is 0.768. The Bertz CT molecular complexity index is 283. The number of aliphatic carboxylic acids is 1. The third kappa shape index (κ3) is 4.31. The predicted octanol–water partition coefficient (Wildman–Crippen LogP) is 2.67. The van der Waals surface area contributed by atoms with Crippen LogP contribution in [0.1, 0.15) is 58.3 Å².